The summed E-state index contributed by atoms with van der Waals surface area (Å²) >= 11 is 0. The van der Waals surface area contributed by atoms with Gasteiger partial charge in [0.25, 0.3) is 0 Å². The van der Waals surface area contributed by atoms with Gasteiger partial charge >= 0.3 is 0 Å². The molecule has 0 saturated carbocycles. The minimum atomic E-state index is 0.384. The van der Waals surface area contributed by atoms with E-state index < -0.39 is 0 Å². The van der Waals surface area contributed by atoms with E-state index in [0.29, 0.717) is 12.6 Å². The fourth-order valence-electron chi connectivity index (χ4n) is 2.45. The number of nitrogens with two attached hydrogens (primary N) is 1. The highest BCUT2D eigenvalue weighted by molar-refractivity contribution is 5.48. The number of fused-ring (bicyclic) bond motifs is 1. The van der Waals surface area contributed by atoms with Crippen molar-refractivity contribution in [3.63, 3.8) is 0 Å². The molecule has 0 bridgehead atoms. The third-order valence-electron chi connectivity index (χ3n) is 3.24. The van der Waals surface area contributed by atoms with E-state index in [4.69, 9.17) is 5.73 Å². The van der Waals surface area contributed by atoms with Crippen molar-refractivity contribution >= 4 is 5.52 Å². The van der Waals surface area contributed by atoms with Crippen LogP contribution >= 0.6 is 0 Å². The molecule has 1 atom stereocenters. The lowest BCUT2D eigenvalue weighted by molar-refractivity contribution is 0.598. The van der Waals surface area contributed by atoms with E-state index in [1.54, 1.807) is 0 Å². The number of aromatic nitrogens is 2. The lowest BCUT2D eigenvalue weighted by Crippen LogP contribution is -2.17. The van der Waals surface area contributed by atoms with Crippen molar-refractivity contribution in [2.24, 2.45) is 5.73 Å². The first-order valence-corrected chi connectivity index (χ1v) is 5.79. The van der Waals surface area contributed by atoms with Crippen LogP contribution in [0, 0.1) is 0 Å². The Hall–Kier alpha value is -1.39. The molecule has 3 N–H and O–H groups in total. The summed E-state index contributed by atoms with van der Waals surface area (Å²) in [5, 5.41) is 3.48. The second-order valence-corrected chi connectivity index (χ2v) is 4.25. The third kappa shape index (κ3) is 1.42. The van der Waals surface area contributed by atoms with Crippen molar-refractivity contribution in [2.75, 3.05) is 6.54 Å². The van der Waals surface area contributed by atoms with Crippen molar-refractivity contribution in [1.29, 1.82) is 0 Å². The molecule has 1 saturated heterocycles. The van der Waals surface area contributed by atoms with E-state index in [9.17, 15) is 0 Å². The van der Waals surface area contributed by atoms with E-state index in [2.05, 4.69) is 26.8 Å². The van der Waals surface area contributed by atoms with E-state index in [1.165, 1.54) is 6.42 Å². The summed E-state index contributed by atoms with van der Waals surface area (Å²) in [7, 11) is 0. The zero-order valence-electron chi connectivity index (χ0n) is 9.19. The summed E-state index contributed by atoms with van der Waals surface area (Å²) in [6, 6.07) is 6.55. The first kappa shape index (κ1) is 9.81. The molecule has 1 fully saturated rings. The first-order valence-electron chi connectivity index (χ1n) is 5.79. The summed E-state index contributed by atoms with van der Waals surface area (Å²) in [5.41, 5.74) is 8.03. The largest absolute Gasteiger partial charge is 0.325 e. The Labute approximate surface area is 94.5 Å². The fraction of sp³-hybridized carbons (Fsp3) is 0.417. The number of hydrogen-bond donors (Lipinski definition) is 2. The molecule has 3 rings (SSSR count). The Morgan fingerprint density at radius 3 is 3.19 bits per heavy atom. The van der Waals surface area contributed by atoms with Crippen LogP contribution in [0.15, 0.2) is 24.4 Å². The van der Waals surface area contributed by atoms with Crippen molar-refractivity contribution in [2.45, 2.75) is 25.4 Å². The molecular formula is C12H16N4. The number of hydrogen-bond acceptors (Lipinski definition) is 3. The zero-order chi connectivity index (χ0) is 11.0. The molecule has 0 spiro atoms. The molecule has 0 aromatic carbocycles. The van der Waals surface area contributed by atoms with Crippen LogP contribution in [0.1, 0.15) is 30.4 Å². The smallest absolute Gasteiger partial charge is 0.130 e. The molecule has 4 heteroatoms. The molecule has 84 valence electrons. The van der Waals surface area contributed by atoms with Gasteiger partial charge in [-0.3, -0.25) is 4.40 Å². The van der Waals surface area contributed by atoms with E-state index in [0.717, 1.165) is 30.0 Å². The number of nitrogens with zero attached hydrogens (tertiary/aromatic N) is 2. The van der Waals surface area contributed by atoms with Gasteiger partial charge in [0.05, 0.1) is 17.8 Å². The Morgan fingerprint density at radius 1 is 1.50 bits per heavy atom. The van der Waals surface area contributed by atoms with Gasteiger partial charge in [0.2, 0.25) is 0 Å². The minimum Gasteiger partial charge on any atom is -0.325 e. The van der Waals surface area contributed by atoms with Crippen LogP contribution in [0.25, 0.3) is 5.52 Å². The van der Waals surface area contributed by atoms with Gasteiger partial charge in [0.15, 0.2) is 0 Å². The quantitative estimate of drug-likeness (QED) is 0.793. The van der Waals surface area contributed by atoms with Gasteiger partial charge in [-0.1, -0.05) is 6.07 Å². The molecule has 1 aliphatic heterocycles. The molecule has 3 heterocycles. The van der Waals surface area contributed by atoms with Gasteiger partial charge in [-0.05, 0) is 31.5 Å². The molecule has 4 nitrogen and oxygen atoms in total. The van der Waals surface area contributed by atoms with Crippen molar-refractivity contribution in [1.82, 2.24) is 14.7 Å². The average molecular weight is 216 g/mol. The highest BCUT2D eigenvalue weighted by Gasteiger charge is 2.21. The standard InChI is InChI=1S/C12H16N4/c13-7-9-3-1-4-10-8-15-12(16(9)10)11-5-2-6-14-11/h1,3-4,8,11,14H,2,5-7,13H2. The molecule has 2 aromatic heterocycles. The van der Waals surface area contributed by atoms with E-state index in [1.807, 2.05) is 12.3 Å². The predicted molar refractivity (Wildman–Crippen MR) is 63.1 cm³/mol. The minimum absolute atomic E-state index is 0.384. The molecule has 16 heavy (non-hydrogen) atoms. The Kier molecular flexibility index (Phi) is 2.38. The lowest BCUT2D eigenvalue weighted by Gasteiger charge is -2.12. The summed E-state index contributed by atoms with van der Waals surface area (Å²) < 4.78 is 2.18. The van der Waals surface area contributed by atoms with Crippen LogP contribution in [-0.2, 0) is 6.54 Å². The molecule has 1 unspecified atom stereocenters. The van der Waals surface area contributed by atoms with Crippen molar-refractivity contribution < 1.29 is 0 Å². The van der Waals surface area contributed by atoms with Crippen molar-refractivity contribution in [3.05, 3.63) is 35.9 Å². The SMILES string of the molecule is NCc1cccc2cnc(C3CCCN3)n12. The van der Waals surface area contributed by atoms with E-state index >= 15 is 0 Å². The second-order valence-electron chi connectivity index (χ2n) is 4.25. The predicted octanol–water partition coefficient (Wildman–Crippen LogP) is 1.22. The van der Waals surface area contributed by atoms with Gasteiger partial charge < -0.3 is 11.1 Å². The van der Waals surface area contributed by atoms with Crippen LogP contribution in [0.2, 0.25) is 0 Å². The molecule has 0 aliphatic carbocycles. The monoisotopic (exact) mass is 216 g/mol. The third-order valence-corrected chi connectivity index (χ3v) is 3.24. The fourth-order valence-corrected chi connectivity index (χ4v) is 2.45. The second kappa shape index (κ2) is 3.88. The number of nitrogens with one attached hydrogen (secondary N) is 1. The van der Waals surface area contributed by atoms with Gasteiger partial charge in [-0.15, -0.1) is 0 Å². The average Bonchev–Trinajstić information content (AvgIpc) is 2.96. The number of rotatable bonds is 2. The summed E-state index contributed by atoms with van der Waals surface area (Å²) in [4.78, 5) is 4.53. The highest BCUT2D eigenvalue weighted by atomic mass is 15.1. The Balaban J connectivity index is 2.16. The lowest BCUT2D eigenvalue weighted by atomic mass is 10.2. The van der Waals surface area contributed by atoms with E-state index in [-0.39, 0.29) is 0 Å². The summed E-state index contributed by atoms with van der Waals surface area (Å²) in [5.74, 6) is 1.11. The molecular weight excluding hydrogens is 200 g/mol. The van der Waals surface area contributed by atoms with Gasteiger partial charge in [-0.2, -0.15) is 0 Å². The Bertz CT molecular complexity index is 497. The highest BCUT2D eigenvalue weighted by Crippen LogP contribution is 2.23. The Morgan fingerprint density at radius 2 is 2.44 bits per heavy atom. The first-order chi connectivity index (χ1) is 7.90. The number of imidazole rings is 1. The van der Waals surface area contributed by atoms with Crippen LogP contribution in [0.4, 0.5) is 0 Å². The maximum absolute atomic E-state index is 5.77. The van der Waals surface area contributed by atoms with Gasteiger partial charge in [0, 0.05) is 12.2 Å². The van der Waals surface area contributed by atoms with Gasteiger partial charge in [0.1, 0.15) is 5.82 Å². The summed E-state index contributed by atoms with van der Waals surface area (Å²) in [6.45, 7) is 1.64. The molecule has 1 aliphatic rings. The number of pyridine rings is 1. The molecule has 0 radical (unpaired) electrons. The maximum atomic E-state index is 5.77. The summed E-state index contributed by atoms with van der Waals surface area (Å²) in [6.07, 6.45) is 4.32. The normalized spacial score (nSPS) is 20.7. The van der Waals surface area contributed by atoms with Crippen LogP contribution in [-0.4, -0.2) is 15.9 Å². The van der Waals surface area contributed by atoms with Crippen LogP contribution in [0.5, 0.6) is 0 Å². The van der Waals surface area contributed by atoms with Crippen LogP contribution in [0.3, 0.4) is 0 Å². The van der Waals surface area contributed by atoms with Crippen molar-refractivity contribution in [3.8, 4) is 0 Å². The molecule has 2 aromatic rings. The van der Waals surface area contributed by atoms with Crippen LogP contribution < -0.4 is 11.1 Å². The molecule has 0 amide bonds. The van der Waals surface area contributed by atoms with Gasteiger partial charge in [-0.25, -0.2) is 4.98 Å². The zero-order valence-corrected chi connectivity index (χ0v) is 9.19. The topological polar surface area (TPSA) is 55.3 Å². The maximum Gasteiger partial charge on any atom is 0.130 e.